The summed E-state index contributed by atoms with van der Waals surface area (Å²) in [5, 5.41) is 2.74. The number of nitrogens with zero attached hydrogens (tertiary/aromatic N) is 3. The van der Waals surface area contributed by atoms with E-state index in [-0.39, 0.29) is 18.4 Å². The molecule has 1 aromatic rings. The number of carbonyl (C=O) groups is 1. The van der Waals surface area contributed by atoms with E-state index in [1.54, 1.807) is 19.4 Å². The summed E-state index contributed by atoms with van der Waals surface area (Å²) in [5.74, 6) is 1.17. The summed E-state index contributed by atoms with van der Waals surface area (Å²) in [6.45, 7) is 1.17. The van der Waals surface area contributed by atoms with Gasteiger partial charge in [-0.3, -0.25) is 4.79 Å². The van der Waals surface area contributed by atoms with Gasteiger partial charge in [0.05, 0.1) is 13.7 Å². The molecule has 1 saturated carbocycles. The Morgan fingerprint density at radius 2 is 2.23 bits per heavy atom. The van der Waals surface area contributed by atoms with Crippen LogP contribution in [0.3, 0.4) is 0 Å². The van der Waals surface area contributed by atoms with E-state index < -0.39 is 5.67 Å². The normalized spacial score (nSPS) is 20.5. The predicted octanol–water partition coefficient (Wildman–Crippen LogP) is 1.32. The topological polar surface area (TPSA) is 67.3 Å². The summed E-state index contributed by atoms with van der Waals surface area (Å²) in [5.41, 5.74) is -1.33. The van der Waals surface area contributed by atoms with Crippen molar-refractivity contribution in [2.45, 2.75) is 31.4 Å². The van der Waals surface area contributed by atoms with E-state index in [0.29, 0.717) is 37.8 Å². The number of hydrogen-bond donors (Lipinski definition) is 1. The second kappa shape index (κ2) is 6.06. The molecule has 3 rings (SSSR count). The van der Waals surface area contributed by atoms with Gasteiger partial charge in [0.2, 0.25) is 17.7 Å². The number of carbonyl (C=O) groups excluding carboxylic acids is 1. The summed E-state index contributed by atoms with van der Waals surface area (Å²) in [7, 11) is 1.55. The predicted molar refractivity (Wildman–Crippen MR) is 79.6 cm³/mol. The number of hydrogen-bond acceptors (Lipinski definition) is 5. The molecule has 1 N–H and O–H groups in total. The highest BCUT2D eigenvalue weighted by molar-refractivity contribution is 5.80. The Morgan fingerprint density at radius 3 is 2.86 bits per heavy atom. The van der Waals surface area contributed by atoms with Crippen molar-refractivity contribution in [2.75, 3.05) is 31.6 Å². The Morgan fingerprint density at radius 1 is 1.50 bits per heavy atom. The summed E-state index contributed by atoms with van der Waals surface area (Å²) < 4.78 is 19.8. The van der Waals surface area contributed by atoms with E-state index in [9.17, 15) is 9.18 Å². The molecule has 0 aromatic carbocycles. The zero-order valence-corrected chi connectivity index (χ0v) is 12.7. The van der Waals surface area contributed by atoms with E-state index in [1.165, 1.54) is 0 Å². The minimum atomic E-state index is -1.33. The zero-order valence-electron chi connectivity index (χ0n) is 12.7. The molecule has 1 amide bonds. The fourth-order valence-electron chi connectivity index (χ4n) is 2.62. The third-order valence-electron chi connectivity index (χ3n) is 4.30. The van der Waals surface area contributed by atoms with Crippen molar-refractivity contribution in [3.8, 4) is 5.88 Å². The molecule has 0 bridgehead atoms. The highest BCUT2D eigenvalue weighted by atomic mass is 19.1. The van der Waals surface area contributed by atoms with Crippen molar-refractivity contribution >= 4 is 11.9 Å². The minimum absolute atomic E-state index is 0.00409. The molecule has 1 saturated heterocycles. The molecule has 7 heteroatoms. The highest BCUT2D eigenvalue weighted by Gasteiger charge is 2.37. The Kier molecular flexibility index (Phi) is 4.13. The number of ether oxygens (including phenoxy) is 1. The minimum Gasteiger partial charge on any atom is -0.481 e. The van der Waals surface area contributed by atoms with E-state index in [0.717, 1.165) is 12.8 Å². The first-order valence-electron chi connectivity index (χ1n) is 7.68. The molecule has 6 nitrogen and oxygen atoms in total. The monoisotopic (exact) mass is 308 g/mol. The first-order valence-corrected chi connectivity index (χ1v) is 7.68. The van der Waals surface area contributed by atoms with Crippen molar-refractivity contribution in [3.63, 3.8) is 0 Å². The third kappa shape index (κ3) is 3.45. The maximum absolute atomic E-state index is 14.7. The maximum Gasteiger partial charge on any atom is 0.228 e. The molecule has 2 fully saturated rings. The standard InChI is InChI=1S/C15H21FN4O2/c1-22-12-4-7-17-14(19-12)20-8-5-15(16,6-9-20)10-18-13(21)11-2-3-11/h4,7,11H,2-3,5-6,8-10H2,1H3,(H,18,21). The Labute approximate surface area is 129 Å². The number of methoxy groups -OCH3 is 1. The van der Waals surface area contributed by atoms with Crippen LogP contribution in [-0.2, 0) is 4.79 Å². The summed E-state index contributed by atoms with van der Waals surface area (Å²) in [6.07, 6.45) is 4.23. The van der Waals surface area contributed by atoms with Gasteiger partial charge in [0.15, 0.2) is 0 Å². The fourth-order valence-corrected chi connectivity index (χ4v) is 2.62. The van der Waals surface area contributed by atoms with Gasteiger partial charge >= 0.3 is 0 Å². The van der Waals surface area contributed by atoms with Crippen LogP contribution in [0.25, 0.3) is 0 Å². The largest absolute Gasteiger partial charge is 0.481 e. The zero-order chi connectivity index (χ0) is 15.6. The average molecular weight is 308 g/mol. The van der Waals surface area contributed by atoms with Crippen LogP contribution < -0.4 is 15.0 Å². The number of piperidine rings is 1. The van der Waals surface area contributed by atoms with E-state index >= 15 is 0 Å². The Balaban J connectivity index is 1.53. The molecule has 0 unspecified atom stereocenters. The van der Waals surface area contributed by atoms with Gasteiger partial charge < -0.3 is 15.0 Å². The molecular weight excluding hydrogens is 287 g/mol. The molecule has 0 radical (unpaired) electrons. The first-order chi connectivity index (χ1) is 10.6. The number of nitrogens with one attached hydrogen (secondary N) is 1. The summed E-state index contributed by atoms with van der Waals surface area (Å²) >= 11 is 0. The van der Waals surface area contributed by atoms with E-state index in [4.69, 9.17) is 4.74 Å². The fraction of sp³-hybridized carbons (Fsp3) is 0.667. The number of alkyl halides is 1. The van der Waals surface area contributed by atoms with Gasteiger partial charge in [-0.2, -0.15) is 4.98 Å². The van der Waals surface area contributed by atoms with Crippen molar-refractivity contribution in [1.29, 1.82) is 0 Å². The maximum atomic E-state index is 14.7. The van der Waals surface area contributed by atoms with Crippen LogP contribution in [0, 0.1) is 5.92 Å². The van der Waals surface area contributed by atoms with Crippen LogP contribution >= 0.6 is 0 Å². The van der Waals surface area contributed by atoms with Crippen LogP contribution in [0.15, 0.2) is 12.3 Å². The molecule has 1 aliphatic carbocycles. The molecule has 120 valence electrons. The molecule has 2 aliphatic rings. The lowest BCUT2D eigenvalue weighted by molar-refractivity contribution is -0.123. The van der Waals surface area contributed by atoms with E-state index in [1.807, 2.05) is 4.90 Å². The van der Waals surface area contributed by atoms with Gasteiger partial charge in [-0.05, 0) is 12.8 Å². The number of rotatable bonds is 5. The number of anilines is 1. The second-order valence-electron chi connectivity index (χ2n) is 6.03. The van der Waals surface area contributed by atoms with Crippen LogP contribution in [0.2, 0.25) is 0 Å². The highest BCUT2D eigenvalue weighted by Crippen LogP contribution is 2.31. The van der Waals surface area contributed by atoms with Gasteiger partial charge in [0.25, 0.3) is 0 Å². The number of amides is 1. The lowest BCUT2D eigenvalue weighted by Crippen LogP contribution is -2.48. The molecular formula is C15H21FN4O2. The SMILES string of the molecule is COc1ccnc(N2CCC(F)(CNC(=O)C3CC3)CC2)n1. The number of halogens is 1. The van der Waals surface area contributed by atoms with Crippen molar-refractivity contribution < 1.29 is 13.9 Å². The quantitative estimate of drug-likeness (QED) is 0.888. The van der Waals surface area contributed by atoms with Gasteiger partial charge in [-0.15, -0.1) is 0 Å². The van der Waals surface area contributed by atoms with Crippen molar-refractivity contribution in [3.05, 3.63) is 12.3 Å². The first kappa shape index (κ1) is 15.0. The van der Waals surface area contributed by atoms with Crippen LogP contribution in [0.5, 0.6) is 5.88 Å². The molecule has 2 heterocycles. The molecule has 0 atom stereocenters. The Hall–Kier alpha value is -1.92. The lowest BCUT2D eigenvalue weighted by Gasteiger charge is -2.36. The van der Waals surface area contributed by atoms with Crippen LogP contribution in [0.4, 0.5) is 10.3 Å². The molecule has 22 heavy (non-hydrogen) atoms. The third-order valence-corrected chi connectivity index (χ3v) is 4.30. The Bertz CT molecular complexity index is 542. The molecule has 1 aromatic heterocycles. The van der Waals surface area contributed by atoms with Crippen molar-refractivity contribution in [1.82, 2.24) is 15.3 Å². The lowest BCUT2D eigenvalue weighted by atomic mass is 9.93. The summed E-state index contributed by atoms with van der Waals surface area (Å²) in [4.78, 5) is 22.0. The second-order valence-corrected chi connectivity index (χ2v) is 6.03. The number of aromatic nitrogens is 2. The van der Waals surface area contributed by atoms with Gasteiger partial charge in [-0.25, -0.2) is 9.37 Å². The average Bonchev–Trinajstić information content (AvgIpc) is 3.38. The van der Waals surface area contributed by atoms with Gasteiger partial charge in [0.1, 0.15) is 5.67 Å². The van der Waals surface area contributed by atoms with Crippen molar-refractivity contribution in [2.24, 2.45) is 5.92 Å². The summed E-state index contributed by atoms with van der Waals surface area (Å²) in [6, 6.07) is 1.68. The smallest absolute Gasteiger partial charge is 0.228 e. The van der Waals surface area contributed by atoms with Gasteiger partial charge in [-0.1, -0.05) is 0 Å². The molecule has 1 aliphatic heterocycles. The van der Waals surface area contributed by atoms with Crippen LogP contribution in [0.1, 0.15) is 25.7 Å². The van der Waals surface area contributed by atoms with Crippen LogP contribution in [-0.4, -0.2) is 48.3 Å². The van der Waals surface area contributed by atoms with E-state index in [2.05, 4.69) is 15.3 Å². The molecule has 0 spiro atoms. The van der Waals surface area contributed by atoms with Gasteiger partial charge in [0, 0.05) is 44.1 Å².